The molecule has 34 heteroatoms. The monoisotopic (exact) mass is 1170 g/mol. The van der Waals surface area contributed by atoms with Crippen molar-refractivity contribution in [1.82, 2.24) is 41.7 Å². The minimum atomic E-state index is -2.18. The summed E-state index contributed by atoms with van der Waals surface area (Å²) in [5.41, 5.74) is 5.31. The molecule has 0 radical (unpaired) electrons. The highest BCUT2D eigenvalue weighted by molar-refractivity contribution is 5.97. The van der Waals surface area contributed by atoms with E-state index in [1.807, 2.05) is 0 Å². The number of primary amides is 1. The van der Waals surface area contributed by atoms with Crippen LogP contribution in [-0.2, 0) is 71.6 Å². The molecule has 18 N–H and O–H groups in total. The molecule has 5 rings (SSSR count). The van der Waals surface area contributed by atoms with Crippen LogP contribution < -0.4 is 37.6 Å². The SMILES string of the molecule is CC(=O)NCC(=O)NC(CO)C(=O)NC(C(=O)NC(C)C(=O)N1CCCC1C(=O)N1CCCC1C(=O)NC(C)C(N)=O)C(C)O[C@@H]1OC(CO)[C@H](O)[C@H](O[C@@H]2OC(CO)[C@H](O)[C@H](O[C@@H]3OC(CO)[C@H](O)[C@H](O)C3O)C2O)C1NC(C)=O. The van der Waals surface area contributed by atoms with Gasteiger partial charge in [0.25, 0.3) is 0 Å². The van der Waals surface area contributed by atoms with Crippen LogP contribution >= 0.6 is 0 Å². The van der Waals surface area contributed by atoms with Gasteiger partial charge in [0.1, 0.15) is 109 Å². The highest BCUT2D eigenvalue weighted by Crippen LogP contribution is 2.34. The maximum Gasteiger partial charge on any atom is 0.246 e. The van der Waals surface area contributed by atoms with E-state index in [-0.39, 0.29) is 25.9 Å². The van der Waals surface area contributed by atoms with Gasteiger partial charge in [0.2, 0.25) is 53.2 Å². The van der Waals surface area contributed by atoms with Crippen molar-refractivity contribution in [3.05, 3.63) is 0 Å². The fraction of sp³-hybridized carbons (Fsp3) is 0.809. The van der Waals surface area contributed by atoms with Crippen molar-refractivity contribution in [3.63, 3.8) is 0 Å². The number of carbonyl (C=O) groups is 9. The molecule has 81 heavy (non-hydrogen) atoms. The van der Waals surface area contributed by atoms with Gasteiger partial charge in [0, 0.05) is 26.9 Å². The third kappa shape index (κ3) is 16.2. The average molecular weight is 1170 g/mol. The largest absolute Gasteiger partial charge is 0.394 e. The molecular weight excluding hydrogens is 1090 g/mol. The van der Waals surface area contributed by atoms with Crippen LogP contribution in [0.5, 0.6) is 0 Å². The molecule has 0 aromatic rings. The molecule has 460 valence electrons. The van der Waals surface area contributed by atoms with Crippen molar-refractivity contribution < 1.29 is 123 Å². The summed E-state index contributed by atoms with van der Waals surface area (Å²) in [6.07, 6.45) is -27.2. The van der Waals surface area contributed by atoms with Gasteiger partial charge in [-0.05, 0) is 46.5 Å². The predicted molar refractivity (Wildman–Crippen MR) is 265 cm³/mol. The maximum absolute atomic E-state index is 14.5. The molecule has 13 unspecified atom stereocenters. The summed E-state index contributed by atoms with van der Waals surface area (Å²) in [7, 11) is 0. The van der Waals surface area contributed by atoms with Crippen molar-refractivity contribution in [1.29, 1.82) is 0 Å². The van der Waals surface area contributed by atoms with Crippen LogP contribution in [0.1, 0.15) is 60.3 Å². The number of ether oxygens (including phenoxy) is 6. The number of hydrogen-bond donors (Lipinski definition) is 17. The molecule has 5 aliphatic heterocycles. The van der Waals surface area contributed by atoms with Crippen molar-refractivity contribution in [3.8, 4) is 0 Å². The predicted octanol–water partition coefficient (Wildman–Crippen LogP) is -11.4. The number of aliphatic hydroxyl groups is 10. The van der Waals surface area contributed by atoms with Crippen LogP contribution in [0.15, 0.2) is 0 Å². The molecule has 0 saturated carbocycles. The second kappa shape index (κ2) is 29.7. The number of aliphatic hydroxyl groups excluding tert-OH is 10. The second-order valence-corrected chi connectivity index (χ2v) is 20.3. The molecule has 0 spiro atoms. The Morgan fingerprint density at radius 3 is 1.72 bits per heavy atom. The van der Waals surface area contributed by atoms with Gasteiger partial charge in [-0.15, -0.1) is 0 Å². The van der Waals surface area contributed by atoms with Gasteiger partial charge in [-0.1, -0.05) is 0 Å². The molecule has 0 aromatic heterocycles. The normalized spacial score (nSPS) is 34.1. The van der Waals surface area contributed by atoms with E-state index in [9.17, 15) is 94.2 Å². The number of nitrogens with zero attached hydrogens (tertiary/aromatic N) is 2. The van der Waals surface area contributed by atoms with Gasteiger partial charge in [0.05, 0.1) is 39.1 Å². The second-order valence-electron chi connectivity index (χ2n) is 20.3. The van der Waals surface area contributed by atoms with E-state index < -0.39 is 221 Å². The number of nitrogens with one attached hydrogen (secondary N) is 6. The standard InChI is InChI=1S/C47H77N9O25/c1-17(39(48)70)50-41(72)23-8-6-10-55(23)44(75)24-9-7-11-56(24)43(74)18(2)51-42(73)29(54-40(71)22(13-57)53-28(63)12-49-20(4)61)19(3)76-45-30(52-21(5)62)37(32(65)26(15-59)77-45)80-47-36(69)38(33(66)27(16-60)79-47)81-46-35(68)34(67)31(64)25(14-58)78-46/h17-19,22-27,29-38,45-47,57-60,64-69H,6-16H2,1-5H3,(H2,48,70)(H,49,61)(H,50,72)(H,51,73)(H,52,62)(H,53,63)(H,54,71)/t17?,18?,19?,22?,23?,24?,25?,26?,27?,29?,30?,31-,32-,33-,34-,35?,36?,37+,38-,45+,46-,47-/m0/s1. The number of amides is 9. The summed E-state index contributed by atoms with van der Waals surface area (Å²) in [5.74, 6) is -7.63. The summed E-state index contributed by atoms with van der Waals surface area (Å²) in [5, 5.41) is 120. The molecule has 0 aromatic carbocycles. The van der Waals surface area contributed by atoms with E-state index in [0.717, 1.165) is 13.8 Å². The minimum absolute atomic E-state index is 0.0374. The topological polar surface area (TPSA) is 516 Å². The fourth-order valence-corrected chi connectivity index (χ4v) is 9.91. The van der Waals surface area contributed by atoms with Crippen LogP contribution in [-0.4, -0.2) is 295 Å². The highest BCUT2D eigenvalue weighted by atomic mass is 16.7. The molecule has 34 nitrogen and oxygen atoms in total. The zero-order valence-corrected chi connectivity index (χ0v) is 45.0. The first-order valence-corrected chi connectivity index (χ1v) is 26.3. The quantitative estimate of drug-likeness (QED) is 0.0427. The number of carbonyl (C=O) groups excluding carboxylic acids is 9. The van der Waals surface area contributed by atoms with Crippen LogP contribution in [0, 0.1) is 0 Å². The van der Waals surface area contributed by atoms with E-state index in [1.165, 1.54) is 30.6 Å². The van der Waals surface area contributed by atoms with E-state index in [1.54, 1.807) is 0 Å². The average Bonchev–Trinajstić information content (AvgIpc) is 4.14. The number of rotatable bonds is 24. The van der Waals surface area contributed by atoms with Crippen molar-refractivity contribution in [2.45, 2.75) is 195 Å². The van der Waals surface area contributed by atoms with Gasteiger partial charge in [0.15, 0.2) is 18.9 Å². The Bertz CT molecular complexity index is 2220. The van der Waals surface area contributed by atoms with E-state index in [2.05, 4.69) is 31.9 Å². The van der Waals surface area contributed by atoms with Gasteiger partial charge >= 0.3 is 0 Å². The summed E-state index contributed by atoms with van der Waals surface area (Å²) in [6, 6.07) is -10.1. The first-order valence-electron chi connectivity index (χ1n) is 26.3. The first-order chi connectivity index (χ1) is 38.2. The van der Waals surface area contributed by atoms with Crippen molar-refractivity contribution in [2.75, 3.05) is 46.1 Å². The van der Waals surface area contributed by atoms with Crippen LogP contribution in [0.2, 0.25) is 0 Å². The summed E-state index contributed by atoms with van der Waals surface area (Å²) in [6.45, 7) is 1.50. The van der Waals surface area contributed by atoms with E-state index in [4.69, 9.17) is 34.2 Å². The van der Waals surface area contributed by atoms with E-state index >= 15 is 0 Å². The van der Waals surface area contributed by atoms with Gasteiger partial charge in [-0.25, -0.2) is 0 Å². The highest BCUT2D eigenvalue weighted by Gasteiger charge is 2.55. The molecule has 5 saturated heterocycles. The van der Waals surface area contributed by atoms with Gasteiger partial charge in [-0.3, -0.25) is 43.2 Å². The lowest BCUT2D eigenvalue weighted by Crippen LogP contribution is -2.69. The summed E-state index contributed by atoms with van der Waals surface area (Å²) in [4.78, 5) is 121. The number of likely N-dealkylation sites (tertiary alicyclic amines) is 2. The lowest BCUT2D eigenvalue weighted by molar-refractivity contribution is -0.375. The fourth-order valence-electron chi connectivity index (χ4n) is 9.91. The van der Waals surface area contributed by atoms with Crippen LogP contribution in [0.25, 0.3) is 0 Å². The number of nitrogens with two attached hydrogens (primary N) is 1. The molecule has 9 amide bonds. The number of hydrogen-bond acceptors (Lipinski definition) is 25. The summed E-state index contributed by atoms with van der Waals surface area (Å²) < 4.78 is 34.8. The lowest BCUT2D eigenvalue weighted by atomic mass is 9.94. The van der Waals surface area contributed by atoms with Gasteiger partial charge in [-0.2, -0.15) is 0 Å². The zero-order chi connectivity index (χ0) is 60.3. The maximum atomic E-state index is 14.5. The Kier molecular flexibility index (Phi) is 24.4. The zero-order valence-electron chi connectivity index (χ0n) is 45.0. The van der Waals surface area contributed by atoms with Crippen LogP contribution in [0.3, 0.4) is 0 Å². The molecule has 0 aliphatic carbocycles. The minimum Gasteiger partial charge on any atom is -0.394 e. The smallest absolute Gasteiger partial charge is 0.246 e. The van der Waals surface area contributed by atoms with Crippen LogP contribution in [0.4, 0.5) is 0 Å². The molecule has 5 aliphatic rings. The Hall–Kier alpha value is -5.41. The molecular formula is C47H77N9O25. The Balaban J connectivity index is 1.42. The third-order valence-corrected chi connectivity index (χ3v) is 14.4. The van der Waals surface area contributed by atoms with Gasteiger partial charge < -0.3 is 127 Å². The Morgan fingerprint density at radius 1 is 0.605 bits per heavy atom. The molecule has 5 fully saturated rings. The van der Waals surface area contributed by atoms with Crippen molar-refractivity contribution >= 4 is 53.2 Å². The first kappa shape index (κ1) is 66.4. The Morgan fingerprint density at radius 2 is 1.15 bits per heavy atom. The van der Waals surface area contributed by atoms with E-state index in [0.29, 0.717) is 12.8 Å². The molecule has 22 atom stereocenters. The molecule has 5 heterocycles. The third-order valence-electron chi connectivity index (χ3n) is 14.4. The Labute approximate surface area is 463 Å². The molecule has 0 bridgehead atoms. The van der Waals surface area contributed by atoms with Crippen molar-refractivity contribution in [2.24, 2.45) is 5.73 Å². The lowest BCUT2D eigenvalue weighted by Gasteiger charge is -2.49. The summed E-state index contributed by atoms with van der Waals surface area (Å²) >= 11 is 0.